The van der Waals surface area contributed by atoms with Gasteiger partial charge in [-0.25, -0.2) is 4.79 Å². The number of anilines is 1. The number of ether oxygens (including phenoxy) is 1. The number of carbonyl (C=O) groups excluding carboxylic acids is 2. The molecule has 160 valence electrons. The van der Waals surface area contributed by atoms with Crippen LogP contribution in [0.1, 0.15) is 24.1 Å². The van der Waals surface area contributed by atoms with E-state index < -0.39 is 12.1 Å². The second-order valence-corrected chi connectivity index (χ2v) is 7.31. The van der Waals surface area contributed by atoms with Crippen molar-refractivity contribution >= 4 is 17.6 Å². The van der Waals surface area contributed by atoms with Gasteiger partial charge in [0.15, 0.2) is 0 Å². The van der Waals surface area contributed by atoms with Crippen molar-refractivity contribution in [1.82, 2.24) is 15.5 Å². The van der Waals surface area contributed by atoms with E-state index in [9.17, 15) is 9.59 Å². The first-order valence-corrected chi connectivity index (χ1v) is 10.3. The number of amides is 3. The second-order valence-electron chi connectivity index (χ2n) is 7.31. The Morgan fingerprint density at radius 2 is 1.73 bits per heavy atom. The summed E-state index contributed by atoms with van der Waals surface area (Å²) in [5.41, 5.74) is 3.13. The van der Waals surface area contributed by atoms with E-state index >= 15 is 0 Å². The molecule has 3 amide bonds. The molecular weight excluding hydrogens is 380 g/mol. The van der Waals surface area contributed by atoms with Gasteiger partial charge in [-0.15, -0.1) is 0 Å². The van der Waals surface area contributed by atoms with Gasteiger partial charge in [-0.05, 0) is 31.2 Å². The van der Waals surface area contributed by atoms with Crippen LogP contribution < -0.4 is 15.5 Å². The number of benzene rings is 2. The third kappa shape index (κ3) is 5.58. The Morgan fingerprint density at radius 1 is 1.07 bits per heavy atom. The molecule has 1 atom stereocenters. The van der Waals surface area contributed by atoms with E-state index in [1.807, 2.05) is 61.3 Å². The smallest absolute Gasteiger partial charge is 0.321 e. The fourth-order valence-electron chi connectivity index (χ4n) is 3.74. The highest BCUT2D eigenvalue weighted by molar-refractivity contribution is 5.97. The van der Waals surface area contributed by atoms with Gasteiger partial charge in [0.05, 0.1) is 13.2 Å². The maximum Gasteiger partial charge on any atom is 0.321 e. The van der Waals surface area contributed by atoms with Crippen LogP contribution in [0.2, 0.25) is 0 Å². The summed E-state index contributed by atoms with van der Waals surface area (Å²) in [4.78, 5) is 29.3. The van der Waals surface area contributed by atoms with Crippen LogP contribution in [0.3, 0.4) is 0 Å². The van der Waals surface area contributed by atoms with Crippen molar-refractivity contribution in [2.24, 2.45) is 0 Å². The van der Waals surface area contributed by atoms with Crippen molar-refractivity contribution in [1.29, 1.82) is 0 Å². The Balaban J connectivity index is 1.82. The Bertz CT molecular complexity index is 837. The number of hydrogen-bond donors (Lipinski definition) is 2. The Hall–Kier alpha value is -2.90. The topological polar surface area (TPSA) is 73.9 Å². The Labute approximate surface area is 178 Å². The lowest BCUT2D eigenvalue weighted by Crippen LogP contribution is -2.45. The summed E-state index contributed by atoms with van der Waals surface area (Å²) < 4.78 is 5.48. The zero-order valence-electron chi connectivity index (χ0n) is 17.6. The van der Waals surface area contributed by atoms with Crippen LogP contribution in [0.15, 0.2) is 54.6 Å². The second kappa shape index (κ2) is 10.8. The summed E-state index contributed by atoms with van der Waals surface area (Å²) in [5, 5.41) is 5.08. The first kappa shape index (κ1) is 21.8. The number of rotatable bonds is 7. The van der Waals surface area contributed by atoms with Crippen molar-refractivity contribution in [2.75, 3.05) is 44.8 Å². The van der Waals surface area contributed by atoms with Crippen molar-refractivity contribution < 1.29 is 14.3 Å². The molecule has 0 radical (unpaired) electrons. The van der Waals surface area contributed by atoms with Gasteiger partial charge >= 0.3 is 6.03 Å². The van der Waals surface area contributed by atoms with E-state index in [4.69, 9.17) is 4.74 Å². The highest BCUT2D eigenvalue weighted by Crippen LogP contribution is 2.27. The number of para-hydroxylation sites is 1. The number of hydrogen-bond acceptors (Lipinski definition) is 5. The number of nitrogens with zero attached hydrogens (tertiary/aromatic N) is 2. The van der Waals surface area contributed by atoms with E-state index in [-0.39, 0.29) is 5.91 Å². The third-order valence-electron chi connectivity index (χ3n) is 5.14. The largest absolute Gasteiger partial charge is 0.378 e. The van der Waals surface area contributed by atoms with Crippen LogP contribution in [0.25, 0.3) is 0 Å². The summed E-state index contributed by atoms with van der Waals surface area (Å²) in [6.07, 6.45) is 0. The first-order chi connectivity index (χ1) is 14.6. The van der Waals surface area contributed by atoms with Crippen molar-refractivity contribution in [3.63, 3.8) is 0 Å². The fraction of sp³-hybridized carbons (Fsp3) is 0.391. The monoisotopic (exact) mass is 410 g/mol. The number of carbonyl (C=O) groups is 2. The van der Waals surface area contributed by atoms with Gasteiger partial charge < -0.3 is 15.0 Å². The molecule has 3 rings (SSSR count). The molecule has 7 heteroatoms. The van der Waals surface area contributed by atoms with E-state index in [2.05, 4.69) is 27.7 Å². The predicted octanol–water partition coefficient (Wildman–Crippen LogP) is 2.54. The summed E-state index contributed by atoms with van der Waals surface area (Å²) in [6.45, 7) is 5.96. The molecule has 2 N–H and O–H groups in total. The summed E-state index contributed by atoms with van der Waals surface area (Å²) in [6, 6.07) is 16.7. The van der Waals surface area contributed by atoms with Crippen LogP contribution in [0.4, 0.5) is 10.5 Å². The number of nitrogens with one attached hydrogen (secondary N) is 2. The molecule has 0 aliphatic carbocycles. The number of imide groups is 1. The molecule has 1 fully saturated rings. The maximum absolute atomic E-state index is 13.0. The highest BCUT2D eigenvalue weighted by atomic mass is 16.5. The van der Waals surface area contributed by atoms with Crippen LogP contribution in [-0.2, 0) is 16.1 Å². The summed E-state index contributed by atoms with van der Waals surface area (Å²) in [5.74, 6) is -0.349. The zero-order chi connectivity index (χ0) is 21.3. The fourth-order valence-corrected chi connectivity index (χ4v) is 3.74. The minimum atomic E-state index is -0.591. The van der Waals surface area contributed by atoms with Crippen molar-refractivity contribution in [3.05, 3.63) is 65.7 Å². The molecule has 0 aromatic heterocycles. The molecule has 0 saturated carbocycles. The molecule has 1 aliphatic heterocycles. The lowest BCUT2D eigenvalue weighted by atomic mass is 10.0. The molecule has 1 heterocycles. The average molecular weight is 411 g/mol. The molecule has 7 nitrogen and oxygen atoms in total. The van der Waals surface area contributed by atoms with E-state index in [0.29, 0.717) is 26.3 Å². The van der Waals surface area contributed by atoms with Crippen LogP contribution >= 0.6 is 0 Å². The SMILES string of the molecule is CCNC(=O)NC(=O)C(c1ccccc1)N(C)Cc1ccccc1N1CCOCC1. The number of urea groups is 1. The minimum absolute atomic E-state index is 0.349. The standard InChI is InChI=1S/C23H30N4O3/c1-3-24-23(29)25-22(28)21(18-9-5-4-6-10-18)26(2)17-19-11-7-8-12-20(19)27-13-15-30-16-14-27/h4-12,21H,3,13-17H2,1-2H3,(H2,24,25,28,29). The molecule has 30 heavy (non-hydrogen) atoms. The van der Waals surface area contributed by atoms with Gasteiger partial charge in [0.25, 0.3) is 0 Å². The van der Waals surface area contributed by atoms with Crippen molar-refractivity contribution in [2.45, 2.75) is 19.5 Å². The lowest BCUT2D eigenvalue weighted by Gasteiger charge is -2.33. The van der Waals surface area contributed by atoms with Crippen LogP contribution in [-0.4, -0.2) is 56.7 Å². The van der Waals surface area contributed by atoms with E-state index in [1.165, 1.54) is 0 Å². The van der Waals surface area contributed by atoms with E-state index in [1.54, 1.807) is 0 Å². The highest BCUT2D eigenvalue weighted by Gasteiger charge is 2.27. The maximum atomic E-state index is 13.0. The molecule has 2 aromatic carbocycles. The molecule has 2 aromatic rings. The van der Waals surface area contributed by atoms with Crippen LogP contribution in [0, 0.1) is 0 Å². The van der Waals surface area contributed by atoms with Crippen LogP contribution in [0.5, 0.6) is 0 Å². The Morgan fingerprint density at radius 3 is 2.43 bits per heavy atom. The van der Waals surface area contributed by atoms with Gasteiger partial charge in [0.1, 0.15) is 6.04 Å². The normalized spacial score (nSPS) is 15.0. The zero-order valence-corrected chi connectivity index (χ0v) is 17.6. The summed E-state index contributed by atoms with van der Waals surface area (Å²) in [7, 11) is 1.91. The third-order valence-corrected chi connectivity index (χ3v) is 5.14. The van der Waals surface area contributed by atoms with Gasteiger partial charge in [-0.2, -0.15) is 0 Å². The quantitative estimate of drug-likeness (QED) is 0.734. The molecule has 0 spiro atoms. The van der Waals surface area contributed by atoms with Gasteiger partial charge in [-0.1, -0.05) is 48.5 Å². The van der Waals surface area contributed by atoms with Gasteiger partial charge in [-0.3, -0.25) is 15.0 Å². The minimum Gasteiger partial charge on any atom is -0.378 e. The predicted molar refractivity (Wildman–Crippen MR) is 117 cm³/mol. The molecule has 0 bridgehead atoms. The lowest BCUT2D eigenvalue weighted by molar-refractivity contribution is -0.125. The summed E-state index contributed by atoms with van der Waals surface area (Å²) >= 11 is 0. The van der Waals surface area contributed by atoms with Gasteiger partial charge in [0, 0.05) is 31.9 Å². The molecule has 1 saturated heterocycles. The Kier molecular flexibility index (Phi) is 7.82. The van der Waals surface area contributed by atoms with Crippen molar-refractivity contribution in [3.8, 4) is 0 Å². The average Bonchev–Trinajstić information content (AvgIpc) is 2.76. The van der Waals surface area contributed by atoms with E-state index in [0.717, 1.165) is 29.9 Å². The molecule has 1 aliphatic rings. The number of morpholine rings is 1. The van der Waals surface area contributed by atoms with Gasteiger partial charge in [0.2, 0.25) is 5.91 Å². The molecular formula is C23H30N4O3. The first-order valence-electron chi connectivity index (χ1n) is 10.3. The number of likely N-dealkylation sites (N-methyl/N-ethyl adjacent to an activating group) is 1. The molecule has 1 unspecified atom stereocenters.